The van der Waals surface area contributed by atoms with Crippen molar-refractivity contribution in [3.05, 3.63) is 12.7 Å². The van der Waals surface area contributed by atoms with Crippen LogP contribution >= 0.6 is 0 Å². The predicted octanol–water partition coefficient (Wildman–Crippen LogP) is 1.54. The van der Waals surface area contributed by atoms with E-state index in [1.165, 1.54) is 0 Å². The SMILES string of the molecule is C=CCN=C(CC)N(C)C. The van der Waals surface area contributed by atoms with Gasteiger partial charge in [0.05, 0.1) is 12.4 Å². The molecule has 0 radical (unpaired) electrons. The Labute approximate surface area is 63.3 Å². The van der Waals surface area contributed by atoms with Crippen molar-refractivity contribution in [1.29, 1.82) is 0 Å². The Bertz CT molecular complexity index is 125. The third kappa shape index (κ3) is 3.28. The number of aliphatic imine (C=N–C) groups is 1. The minimum atomic E-state index is 0.724. The minimum absolute atomic E-state index is 0.724. The zero-order valence-electron chi connectivity index (χ0n) is 7.09. The molecule has 0 spiro atoms. The van der Waals surface area contributed by atoms with E-state index in [1.54, 1.807) is 6.08 Å². The molecule has 2 heteroatoms. The van der Waals surface area contributed by atoms with Crippen molar-refractivity contribution < 1.29 is 0 Å². The van der Waals surface area contributed by atoms with Crippen LogP contribution in [-0.4, -0.2) is 31.4 Å². The molecule has 0 amide bonds. The zero-order valence-corrected chi connectivity index (χ0v) is 7.09. The van der Waals surface area contributed by atoms with E-state index in [0.29, 0.717) is 0 Å². The Balaban J connectivity index is 3.90. The van der Waals surface area contributed by atoms with Crippen molar-refractivity contribution in [3.8, 4) is 0 Å². The Morgan fingerprint density at radius 3 is 2.50 bits per heavy atom. The third-order valence-corrected chi connectivity index (χ3v) is 1.24. The fourth-order valence-electron chi connectivity index (χ4n) is 0.739. The summed E-state index contributed by atoms with van der Waals surface area (Å²) in [6, 6.07) is 0. The van der Waals surface area contributed by atoms with E-state index in [-0.39, 0.29) is 0 Å². The van der Waals surface area contributed by atoms with Crippen LogP contribution in [0.4, 0.5) is 0 Å². The highest BCUT2D eigenvalue weighted by Crippen LogP contribution is 1.89. The van der Waals surface area contributed by atoms with Crippen LogP contribution in [0.3, 0.4) is 0 Å². The van der Waals surface area contributed by atoms with Gasteiger partial charge in [0, 0.05) is 20.5 Å². The first-order valence-electron chi connectivity index (χ1n) is 3.54. The fraction of sp³-hybridized carbons (Fsp3) is 0.625. The molecular weight excluding hydrogens is 124 g/mol. The lowest BCUT2D eigenvalue weighted by Crippen LogP contribution is -2.21. The molecule has 0 atom stereocenters. The van der Waals surface area contributed by atoms with Crippen LogP contribution in [0, 0.1) is 0 Å². The molecule has 0 aromatic rings. The fourth-order valence-corrected chi connectivity index (χ4v) is 0.739. The summed E-state index contributed by atoms with van der Waals surface area (Å²) in [4.78, 5) is 6.32. The van der Waals surface area contributed by atoms with Crippen molar-refractivity contribution in [2.75, 3.05) is 20.6 Å². The number of amidine groups is 1. The van der Waals surface area contributed by atoms with E-state index in [0.717, 1.165) is 18.8 Å². The molecule has 0 aliphatic heterocycles. The van der Waals surface area contributed by atoms with Gasteiger partial charge in [-0.15, -0.1) is 6.58 Å². The highest BCUT2D eigenvalue weighted by atomic mass is 15.1. The van der Waals surface area contributed by atoms with Crippen LogP contribution in [0.1, 0.15) is 13.3 Å². The monoisotopic (exact) mass is 140 g/mol. The smallest absolute Gasteiger partial charge is 0.0984 e. The normalized spacial score (nSPS) is 11.3. The van der Waals surface area contributed by atoms with Gasteiger partial charge >= 0.3 is 0 Å². The van der Waals surface area contributed by atoms with Crippen molar-refractivity contribution >= 4 is 5.84 Å². The number of rotatable bonds is 3. The summed E-state index contributed by atoms with van der Waals surface area (Å²) in [6.07, 6.45) is 2.79. The summed E-state index contributed by atoms with van der Waals surface area (Å²) in [5, 5.41) is 0. The van der Waals surface area contributed by atoms with Crippen molar-refractivity contribution in [2.45, 2.75) is 13.3 Å². The van der Waals surface area contributed by atoms with E-state index in [2.05, 4.69) is 18.5 Å². The van der Waals surface area contributed by atoms with Gasteiger partial charge in [-0.1, -0.05) is 13.0 Å². The van der Waals surface area contributed by atoms with Crippen LogP contribution in [0.2, 0.25) is 0 Å². The first-order valence-corrected chi connectivity index (χ1v) is 3.54. The molecule has 0 unspecified atom stereocenters. The van der Waals surface area contributed by atoms with Gasteiger partial charge < -0.3 is 4.90 Å². The zero-order chi connectivity index (χ0) is 7.98. The summed E-state index contributed by atoms with van der Waals surface area (Å²) in [5.41, 5.74) is 0. The minimum Gasteiger partial charge on any atom is -0.366 e. The summed E-state index contributed by atoms with van der Waals surface area (Å²) >= 11 is 0. The molecule has 0 heterocycles. The molecule has 0 rings (SSSR count). The van der Waals surface area contributed by atoms with Crippen molar-refractivity contribution in [3.63, 3.8) is 0 Å². The molecule has 0 aromatic carbocycles. The molecule has 0 aliphatic rings. The predicted molar refractivity (Wildman–Crippen MR) is 46.5 cm³/mol. The van der Waals surface area contributed by atoms with Crippen LogP contribution in [0.5, 0.6) is 0 Å². The average Bonchev–Trinajstić information content (AvgIpc) is 1.89. The topological polar surface area (TPSA) is 15.6 Å². The Morgan fingerprint density at radius 2 is 2.20 bits per heavy atom. The number of hydrogen-bond donors (Lipinski definition) is 0. The molecule has 0 saturated heterocycles. The lowest BCUT2D eigenvalue weighted by molar-refractivity contribution is 0.604. The first-order chi connectivity index (χ1) is 4.72. The van der Waals surface area contributed by atoms with Crippen LogP contribution < -0.4 is 0 Å². The maximum absolute atomic E-state index is 4.28. The van der Waals surface area contributed by atoms with E-state index in [1.807, 2.05) is 19.0 Å². The lowest BCUT2D eigenvalue weighted by atomic mass is 10.4. The van der Waals surface area contributed by atoms with Gasteiger partial charge in [-0.3, -0.25) is 4.99 Å². The highest BCUT2D eigenvalue weighted by molar-refractivity contribution is 5.81. The molecule has 0 fully saturated rings. The maximum Gasteiger partial charge on any atom is 0.0984 e. The molecule has 0 N–H and O–H groups in total. The van der Waals surface area contributed by atoms with E-state index in [4.69, 9.17) is 0 Å². The van der Waals surface area contributed by atoms with Gasteiger partial charge in [-0.05, 0) is 0 Å². The number of hydrogen-bond acceptors (Lipinski definition) is 1. The van der Waals surface area contributed by atoms with Crippen molar-refractivity contribution in [1.82, 2.24) is 4.90 Å². The Hall–Kier alpha value is -0.790. The maximum atomic E-state index is 4.28. The molecule has 10 heavy (non-hydrogen) atoms. The quantitative estimate of drug-likeness (QED) is 0.330. The Kier molecular flexibility index (Phi) is 4.63. The molecule has 0 aromatic heterocycles. The van der Waals surface area contributed by atoms with Crippen molar-refractivity contribution in [2.24, 2.45) is 4.99 Å². The summed E-state index contributed by atoms with van der Waals surface area (Å²) in [6.45, 7) is 6.42. The van der Waals surface area contributed by atoms with Gasteiger partial charge in [-0.2, -0.15) is 0 Å². The number of nitrogens with zero attached hydrogens (tertiary/aromatic N) is 2. The molecule has 0 aliphatic carbocycles. The summed E-state index contributed by atoms with van der Waals surface area (Å²) in [5.74, 6) is 1.12. The van der Waals surface area contributed by atoms with Gasteiger partial charge in [0.15, 0.2) is 0 Å². The lowest BCUT2D eigenvalue weighted by Gasteiger charge is -2.13. The van der Waals surface area contributed by atoms with E-state index in [9.17, 15) is 0 Å². The molecule has 0 bridgehead atoms. The van der Waals surface area contributed by atoms with E-state index < -0.39 is 0 Å². The van der Waals surface area contributed by atoms with Gasteiger partial charge in [-0.25, -0.2) is 0 Å². The molecular formula is C8H16N2. The Morgan fingerprint density at radius 1 is 1.60 bits per heavy atom. The highest BCUT2D eigenvalue weighted by Gasteiger charge is 1.94. The molecule has 58 valence electrons. The van der Waals surface area contributed by atoms with E-state index >= 15 is 0 Å². The van der Waals surface area contributed by atoms with Crippen LogP contribution in [0.15, 0.2) is 17.6 Å². The standard InChI is InChI=1S/C8H16N2/c1-5-7-9-8(6-2)10(3)4/h5H,1,6-7H2,2-4H3. The van der Waals surface area contributed by atoms with Gasteiger partial charge in [0.25, 0.3) is 0 Å². The average molecular weight is 140 g/mol. The molecule has 0 saturated carbocycles. The first kappa shape index (κ1) is 9.21. The third-order valence-electron chi connectivity index (χ3n) is 1.24. The second-order valence-corrected chi connectivity index (χ2v) is 2.29. The second-order valence-electron chi connectivity index (χ2n) is 2.29. The summed E-state index contributed by atoms with van der Waals surface area (Å²) < 4.78 is 0. The second kappa shape index (κ2) is 5.03. The van der Waals surface area contributed by atoms with Gasteiger partial charge in [0.2, 0.25) is 0 Å². The van der Waals surface area contributed by atoms with Gasteiger partial charge in [0.1, 0.15) is 0 Å². The van der Waals surface area contributed by atoms with Crippen LogP contribution in [-0.2, 0) is 0 Å². The molecule has 2 nitrogen and oxygen atoms in total. The largest absolute Gasteiger partial charge is 0.366 e. The summed E-state index contributed by atoms with van der Waals surface area (Å²) in [7, 11) is 4.01. The van der Waals surface area contributed by atoms with Crippen LogP contribution in [0.25, 0.3) is 0 Å².